The third-order valence-corrected chi connectivity index (χ3v) is 4.63. The molecule has 0 amide bonds. The molecular weight excluding hydrogens is 148 g/mol. The predicted molar refractivity (Wildman–Crippen MR) is 47.7 cm³/mol. The van der Waals surface area contributed by atoms with Crippen molar-refractivity contribution in [1.29, 1.82) is 0 Å². The van der Waals surface area contributed by atoms with Crippen LogP contribution < -0.4 is 0 Å². The minimum absolute atomic E-state index is 0.0642. The second-order valence-electron chi connectivity index (χ2n) is 5.15. The van der Waals surface area contributed by atoms with Gasteiger partial charge in [-0.2, -0.15) is 0 Å². The lowest BCUT2D eigenvalue weighted by atomic mass is 9.54. The molecule has 0 saturated heterocycles. The molecule has 12 heavy (non-hydrogen) atoms. The second-order valence-corrected chi connectivity index (χ2v) is 5.15. The standard InChI is InChI=1S/C11H18O/c12-11-4-2-8-5-7-1-3-9(8)10(11)6-7/h7-12H,1-6H2/t7?,8?,9?,10?,11-/m0/s1. The molecule has 0 heterocycles. The Morgan fingerprint density at radius 3 is 2.50 bits per heavy atom. The Hall–Kier alpha value is -0.0400. The van der Waals surface area contributed by atoms with Gasteiger partial charge >= 0.3 is 0 Å². The molecule has 4 unspecified atom stereocenters. The van der Waals surface area contributed by atoms with Gasteiger partial charge in [-0.25, -0.2) is 0 Å². The summed E-state index contributed by atoms with van der Waals surface area (Å²) in [6.07, 6.45) is 8.21. The van der Waals surface area contributed by atoms with E-state index in [-0.39, 0.29) is 6.10 Å². The monoisotopic (exact) mass is 166 g/mol. The fourth-order valence-electron chi connectivity index (χ4n) is 4.10. The van der Waals surface area contributed by atoms with Crippen molar-refractivity contribution < 1.29 is 5.11 Å². The van der Waals surface area contributed by atoms with Crippen molar-refractivity contribution in [1.82, 2.24) is 0 Å². The van der Waals surface area contributed by atoms with E-state index in [1.165, 1.54) is 32.1 Å². The Balaban J connectivity index is 1.88. The van der Waals surface area contributed by atoms with Gasteiger partial charge in [0.05, 0.1) is 6.10 Å². The molecule has 4 bridgehead atoms. The number of hydrogen-bond donors (Lipinski definition) is 1. The summed E-state index contributed by atoms with van der Waals surface area (Å²) in [5.74, 6) is 3.61. The first-order valence-electron chi connectivity index (χ1n) is 5.52. The van der Waals surface area contributed by atoms with E-state index in [1.807, 2.05) is 0 Å². The fourth-order valence-corrected chi connectivity index (χ4v) is 4.10. The molecule has 0 spiro atoms. The topological polar surface area (TPSA) is 20.2 Å². The summed E-state index contributed by atoms with van der Waals surface area (Å²) in [5, 5.41) is 9.84. The zero-order chi connectivity index (χ0) is 8.13. The Morgan fingerprint density at radius 1 is 0.833 bits per heavy atom. The molecule has 1 heteroatoms. The van der Waals surface area contributed by atoms with Gasteiger partial charge in [0, 0.05) is 0 Å². The molecule has 4 aliphatic carbocycles. The maximum atomic E-state index is 9.84. The van der Waals surface area contributed by atoms with Crippen molar-refractivity contribution in [3.8, 4) is 0 Å². The van der Waals surface area contributed by atoms with Crippen LogP contribution in [-0.4, -0.2) is 11.2 Å². The molecule has 0 aromatic heterocycles. The van der Waals surface area contributed by atoms with Crippen LogP contribution in [0.5, 0.6) is 0 Å². The molecule has 0 radical (unpaired) electrons. The first-order chi connectivity index (χ1) is 5.84. The van der Waals surface area contributed by atoms with Crippen molar-refractivity contribution in [2.24, 2.45) is 23.7 Å². The van der Waals surface area contributed by atoms with Crippen LogP contribution in [0.1, 0.15) is 38.5 Å². The van der Waals surface area contributed by atoms with Gasteiger partial charge in [-0.3, -0.25) is 0 Å². The van der Waals surface area contributed by atoms with E-state index in [9.17, 15) is 5.11 Å². The highest BCUT2D eigenvalue weighted by atomic mass is 16.3. The number of aliphatic hydroxyl groups excluding tert-OH is 1. The third-order valence-electron chi connectivity index (χ3n) is 4.63. The van der Waals surface area contributed by atoms with Gasteiger partial charge < -0.3 is 5.11 Å². The Morgan fingerprint density at radius 2 is 1.75 bits per heavy atom. The highest BCUT2D eigenvalue weighted by molar-refractivity contribution is 4.97. The Labute approximate surface area is 74.2 Å². The quantitative estimate of drug-likeness (QED) is 0.585. The Bertz CT molecular complexity index is 189. The summed E-state index contributed by atoms with van der Waals surface area (Å²) >= 11 is 0. The highest BCUT2D eigenvalue weighted by Crippen LogP contribution is 2.54. The van der Waals surface area contributed by atoms with Crippen LogP contribution in [0.25, 0.3) is 0 Å². The average molecular weight is 166 g/mol. The molecule has 4 aliphatic rings. The van der Waals surface area contributed by atoms with Crippen LogP contribution in [0.2, 0.25) is 0 Å². The van der Waals surface area contributed by atoms with E-state index in [1.54, 1.807) is 0 Å². The van der Waals surface area contributed by atoms with Gasteiger partial charge in [-0.05, 0) is 55.8 Å². The third kappa shape index (κ3) is 0.891. The molecule has 4 fully saturated rings. The molecule has 0 aromatic carbocycles. The number of fused-ring (bicyclic) bond motifs is 1. The normalized spacial score (nSPS) is 57.2. The lowest BCUT2D eigenvalue weighted by molar-refractivity contribution is -0.0777. The van der Waals surface area contributed by atoms with Crippen molar-refractivity contribution in [2.75, 3.05) is 0 Å². The van der Waals surface area contributed by atoms with Crippen LogP contribution in [0.15, 0.2) is 0 Å². The van der Waals surface area contributed by atoms with Gasteiger partial charge in [0.1, 0.15) is 0 Å². The molecule has 4 saturated carbocycles. The van der Waals surface area contributed by atoms with Gasteiger partial charge in [-0.15, -0.1) is 0 Å². The fraction of sp³-hybridized carbons (Fsp3) is 1.00. The lowest BCUT2D eigenvalue weighted by Crippen LogP contribution is -2.47. The van der Waals surface area contributed by atoms with E-state index in [0.29, 0.717) is 5.92 Å². The van der Waals surface area contributed by atoms with Crippen molar-refractivity contribution in [3.05, 3.63) is 0 Å². The first kappa shape index (κ1) is 7.37. The van der Waals surface area contributed by atoms with E-state index in [2.05, 4.69) is 0 Å². The largest absolute Gasteiger partial charge is 0.393 e. The summed E-state index contributed by atoms with van der Waals surface area (Å²) < 4.78 is 0. The molecule has 5 atom stereocenters. The van der Waals surface area contributed by atoms with Gasteiger partial charge in [-0.1, -0.05) is 6.42 Å². The minimum atomic E-state index is 0.0642. The summed E-state index contributed by atoms with van der Waals surface area (Å²) in [6.45, 7) is 0. The summed E-state index contributed by atoms with van der Waals surface area (Å²) in [5.41, 5.74) is 0. The lowest BCUT2D eigenvalue weighted by Gasteiger charge is -2.52. The van der Waals surface area contributed by atoms with Crippen molar-refractivity contribution in [2.45, 2.75) is 44.6 Å². The van der Waals surface area contributed by atoms with Crippen LogP contribution in [0.4, 0.5) is 0 Å². The number of aliphatic hydroxyl groups is 1. The average Bonchev–Trinajstić information content (AvgIpc) is 2.13. The highest BCUT2D eigenvalue weighted by Gasteiger charge is 2.47. The summed E-state index contributed by atoms with van der Waals surface area (Å²) in [7, 11) is 0. The molecule has 4 rings (SSSR count). The number of rotatable bonds is 0. The van der Waals surface area contributed by atoms with E-state index in [4.69, 9.17) is 0 Å². The summed E-state index contributed by atoms with van der Waals surface area (Å²) in [4.78, 5) is 0. The first-order valence-corrected chi connectivity index (χ1v) is 5.52. The Kier molecular flexibility index (Phi) is 1.52. The molecule has 1 nitrogen and oxygen atoms in total. The maximum absolute atomic E-state index is 9.84. The van der Waals surface area contributed by atoms with Crippen molar-refractivity contribution >= 4 is 0 Å². The van der Waals surface area contributed by atoms with Crippen LogP contribution in [-0.2, 0) is 0 Å². The van der Waals surface area contributed by atoms with E-state index < -0.39 is 0 Å². The smallest absolute Gasteiger partial charge is 0.0571 e. The van der Waals surface area contributed by atoms with Gasteiger partial charge in [0.25, 0.3) is 0 Å². The SMILES string of the molecule is O[C@H]1CCC2CC3CCC2C1C3. The molecule has 0 aromatic rings. The van der Waals surface area contributed by atoms with Gasteiger partial charge in [0.2, 0.25) is 0 Å². The van der Waals surface area contributed by atoms with E-state index >= 15 is 0 Å². The zero-order valence-corrected chi connectivity index (χ0v) is 7.58. The minimum Gasteiger partial charge on any atom is -0.393 e. The van der Waals surface area contributed by atoms with Crippen molar-refractivity contribution in [3.63, 3.8) is 0 Å². The van der Waals surface area contributed by atoms with Gasteiger partial charge in [0.15, 0.2) is 0 Å². The van der Waals surface area contributed by atoms with E-state index in [0.717, 1.165) is 24.2 Å². The zero-order valence-electron chi connectivity index (χ0n) is 7.58. The second kappa shape index (κ2) is 2.47. The molecule has 68 valence electrons. The van der Waals surface area contributed by atoms with Crippen LogP contribution >= 0.6 is 0 Å². The molecule has 1 N–H and O–H groups in total. The molecule has 0 aliphatic heterocycles. The predicted octanol–water partition coefficient (Wildman–Crippen LogP) is 2.19. The number of hydrogen-bond acceptors (Lipinski definition) is 1. The van der Waals surface area contributed by atoms with Crippen LogP contribution in [0.3, 0.4) is 0 Å². The van der Waals surface area contributed by atoms with Crippen LogP contribution in [0, 0.1) is 23.7 Å². The molecular formula is C11H18O. The summed E-state index contributed by atoms with van der Waals surface area (Å²) in [6, 6.07) is 0. The maximum Gasteiger partial charge on any atom is 0.0571 e.